The Kier molecular flexibility index (Phi) is 5.20. The average Bonchev–Trinajstić information content (AvgIpc) is 2.98. The molecule has 24 heavy (non-hydrogen) atoms. The Bertz CT molecular complexity index is 800. The molecule has 7 nitrogen and oxygen atoms in total. The lowest BCUT2D eigenvalue weighted by Gasteiger charge is -2.13. The first-order chi connectivity index (χ1) is 11.3. The van der Waals surface area contributed by atoms with Crippen LogP contribution in [0.1, 0.15) is 33.2 Å². The molecular formula is C16H16N2O5S. The van der Waals surface area contributed by atoms with E-state index in [2.05, 4.69) is 5.32 Å². The number of hydrogen-bond acceptors (Lipinski definition) is 6. The number of esters is 1. The van der Waals surface area contributed by atoms with E-state index < -0.39 is 23.9 Å². The molecule has 126 valence electrons. The number of primary amides is 1. The summed E-state index contributed by atoms with van der Waals surface area (Å²) in [6.07, 6.45) is -1.09. The van der Waals surface area contributed by atoms with Crippen LogP contribution in [-0.4, -0.2) is 29.0 Å². The third-order valence-corrected chi connectivity index (χ3v) is 4.10. The maximum absolute atomic E-state index is 12.1. The van der Waals surface area contributed by atoms with Crippen LogP contribution >= 0.6 is 11.3 Å². The summed E-state index contributed by atoms with van der Waals surface area (Å²) in [6, 6.07) is 5.83. The zero-order chi connectivity index (χ0) is 17.9. The fourth-order valence-corrected chi connectivity index (χ4v) is 2.63. The van der Waals surface area contributed by atoms with Crippen LogP contribution in [0.5, 0.6) is 5.75 Å². The topological polar surface area (TPSA) is 119 Å². The van der Waals surface area contributed by atoms with Crippen LogP contribution in [0.2, 0.25) is 0 Å². The van der Waals surface area contributed by atoms with E-state index >= 15 is 0 Å². The summed E-state index contributed by atoms with van der Waals surface area (Å²) >= 11 is 1.14. The molecule has 4 N–H and O–H groups in total. The third kappa shape index (κ3) is 3.90. The molecule has 1 aromatic carbocycles. The molecule has 2 rings (SSSR count). The van der Waals surface area contributed by atoms with Gasteiger partial charge in [-0.1, -0.05) is 6.07 Å². The zero-order valence-electron chi connectivity index (χ0n) is 13.0. The minimum Gasteiger partial charge on any atom is -0.508 e. The van der Waals surface area contributed by atoms with E-state index in [1.165, 1.54) is 25.1 Å². The van der Waals surface area contributed by atoms with Crippen molar-refractivity contribution in [3.05, 3.63) is 46.3 Å². The molecule has 0 fully saturated rings. The molecule has 2 amide bonds. The van der Waals surface area contributed by atoms with Gasteiger partial charge in [-0.05, 0) is 43.0 Å². The van der Waals surface area contributed by atoms with Crippen LogP contribution in [-0.2, 0) is 9.53 Å². The molecule has 0 saturated carbocycles. The van der Waals surface area contributed by atoms with Gasteiger partial charge >= 0.3 is 5.97 Å². The maximum Gasteiger partial charge on any atom is 0.339 e. The van der Waals surface area contributed by atoms with Crippen LogP contribution in [0.4, 0.5) is 5.00 Å². The number of aromatic hydroxyl groups is 1. The minimum absolute atomic E-state index is 0.0359. The largest absolute Gasteiger partial charge is 0.508 e. The van der Waals surface area contributed by atoms with Crippen LogP contribution in [0, 0.1) is 6.92 Å². The van der Waals surface area contributed by atoms with Gasteiger partial charge in [-0.15, -0.1) is 11.3 Å². The first-order valence-electron chi connectivity index (χ1n) is 6.98. The Labute approximate surface area is 142 Å². The Hall–Kier alpha value is -2.87. The van der Waals surface area contributed by atoms with Crippen molar-refractivity contribution in [1.82, 2.24) is 0 Å². The van der Waals surface area contributed by atoms with Crippen molar-refractivity contribution in [2.24, 2.45) is 5.73 Å². The molecule has 0 bridgehead atoms. The molecule has 1 unspecified atom stereocenters. The second-order valence-electron chi connectivity index (χ2n) is 5.07. The predicted octanol–water partition coefficient (Wildman–Crippen LogP) is 2.05. The van der Waals surface area contributed by atoms with Gasteiger partial charge in [0.05, 0.1) is 11.1 Å². The summed E-state index contributed by atoms with van der Waals surface area (Å²) < 4.78 is 5.07. The van der Waals surface area contributed by atoms with Crippen molar-refractivity contribution in [2.45, 2.75) is 20.0 Å². The van der Waals surface area contributed by atoms with Crippen molar-refractivity contribution in [3.8, 4) is 5.75 Å². The van der Waals surface area contributed by atoms with Crippen molar-refractivity contribution >= 4 is 34.1 Å². The van der Waals surface area contributed by atoms with Gasteiger partial charge in [-0.3, -0.25) is 9.59 Å². The molecule has 1 aromatic heterocycles. The molecule has 0 aliphatic heterocycles. The second-order valence-corrected chi connectivity index (χ2v) is 5.98. The van der Waals surface area contributed by atoms with E-state index in [0.29, 0.717) is 10.6 Å². The maximum atomic E-state index is 12.1. The van der Waals surface area contributed by atoms with Crippen LogP contribution in [0.3, 0.4) is 0 Å². The van der Waals surface area contributed by atoms with E-state index in [9.17, 15) is 19.5 Å². The minimum atomic E-state index is -1.09. The number of thiophene rings is 1. The molecule has 8 heteroatoms. The highest BCUT2D eigenvalue weighted by Crippen LogP contribution is 2.23. The number of rotatable bonds is 5. The lowest BCUT2D eigenvalue weighted by molar-refractivity contribution is -0.123. The standard InChI is InChI=1S/C16H16N2O5S/c1-8-3-4-10(7-12(8)19)16(22)23-9(2)14(21)18-15-11(13(17)20)5-6-24-15/h3-7,9,19H,1-2H3,(H2,17,20)(H,18,21). The number of anilines is 1. The fraction of sp³-hybridized carbons (Fsp3) is 0.188. The van der Waals surface area contributed by atoms with E-state index in [-0.39, 0.29) is 16.9 Å². The van der Waals surface area contributed by atoms with E-state index in [0.717, 1.165) is 11.3 Å². The summed E-state index contributed by atoms with van der Waals surface area (Å²) in [6.45, 7) is 3.09. The van der Waals surface area contributed by atoms with Crippen LogP contribution in [0.15, 0.2) is 29.6 Å². The number of carbonyl (C=O) groups is 3. The monoisotopic (exact) mass is 348 g/mol. The molecule has 2 aromatic rings. The summed E-state index contributed by atoms with van der Waals surface area (Å²) in [5.74, 6) is -2.03. The summed E-state index contributed by atoms with van der Waals surface area (Å²) in [7, 11) is 0. The van der Waals surface area contributed by atoms with Gasteiger partial charge in [0, 0.05) is 0 Å². The van der Waals surface area contributed by atoms with E-state index in [1.54, 1.807) is 18.4 Å². The fourth-order valence-electron chi connectivity index (χ4n) is 1.83. The Morgan fingerprint density at radius 1 is 1.29 bits per heavy atom. The van der Waals surface area contributed by atoms with E-state index in [1.807, 2.05) is 0 Å². The number of benzene rings is 1. The number of phenolic OH excluding ortho intramolecular Hbond substituents is 1. The van der Waals surface area contributed by atoms with Gasteiger partial charge in [0.15, 0.2) is 6.10 Å². The highest BCUT2D eigenvalue weighted by Gasteiger charge is 2.21. The highest BCUT2D eigenvalue weighted by atomic mass is 32.1. The molecule has 1 atom stereocenters. The van der Waals surface area contributed by atoms with Gasteiger partial charge < -0.3 is 20.9 Å². The summed E-state index contributed by atoms with van der Waals surface area (Å²) in [5.41, 5.74) is 6.14. The molecule has 0 saturated heterocycles. The Morgan fingerprint density at radius 2 is 2.00 bits per heavy atom. The van der Waals surface area contributed by atoms with Gasteiger partial charge in [-0.2, -0.15) is 0 Å². The third-order valence-electron chi connectivity index (χ3n) is 3.27. The zero-order valence-corrected chi connectivity index (χ0v) is 13.8. The second kappa shape index (κ2) is 7.14. The highest BCUT2D eigenvalue weighted by molar-refractivity contribution is 7.14. The van der Waals surface area contributed by atoms with Crippen molar-refractivity contribution in [2.75, 3.05) is 5.32 Å². The summed E-state index contributed by atoms with van der Waals surface area (Å²) in [5, 5.41) is 14.0. The number of carbonyl (C=O) groups excluding carboxylic acids is 3. The average molecular weight is 348 g/mol. The quantitative estimate of drug-likeness (QED) is 0.715. The van der Waals surface area contributed by atoms with E-state index in [4.69, 9.17) is 10.5 Å². The van der Waals surface area contributed by atoms with Crippen LogP contribution < -0.4 is 11.1 Å². The van der Waals surface area contributed by atoms with Gasteiger partial charge in [0.25, 0.3) is 11.8 Å². The normalized spacial score (nSPS) is 11.6. The van der Waals surface area contributed by atoms with Crippen molar-refractivity contribution in [3.63, 3.8) is 0 Å². The van der Waals surface area contributed by atoms with Crippen molar-refractivity contribution < 1.29 is 24.2 Å². The molecule has 0 spiro atoms. The SMILES string of the molecule is Cc1ccc(C(=O)OC(C)C(=O)Nc2sccc2C(N)=O)cc1O. The lowest BCUT2D eigenvalue weighted by atomic mass is 10.1. The number of nitrogens with two attached hydrogens (primary N) is 1. The van der Waals surface area contributed by atoms with Crippen molar-refractivity contribution in [1.29, 1.82) is 0 Å². The number of aryl methyl sites for hydroxylation is 1. The number of ether oxygens (including phenoxy) is 1. The van der Waals surface area contributed by atoms with Gasteiger partial charge in [0.1, 0.15) is 10.8 Å². The Balaban J connectivity index is 2.03. The van der Waals surface area contributed by atoms with Gasteiger partial charge in [-0.25, -0.2) is 4.79 Å². The molecule has 1 heterocycles. The predicted molar refractivity (Wildman–Crippen MR) is 89.2 cm³/mol. The summed E-state index contributed by atoms with van der Waals surface area (Å²) in [4.78, 5) is 35.3. The number of nitrogens with one attached hydrogen (secondary N) is 1. The van der Waals surface area contributed by atoms with Gasteiger partial charge in [0.2, 0.25) is 0 Å². The first kappa shape index (κ1) is 17.5. The number of amides is 2. The number of phenols is 1. The molecule has 0 aliphatic carbocycles. The Morgan fingerprint density at radius 3 is 2.62 bits per heavy atom. The smallest absolute Gasteiger partial charge is 0.339 e. The molecule has 0 radical (unpaired) electrons. The van der Waals surface area contributed by atoms with Crippen LogP contribution in [0.25, 0.3) is 0 Å². The number of hydrogen-bond donors (Lipinski definition) is 3. The lowest BCUT2D eigenvalue weighted by Crippen LogP contribution is -2.30. The first-order valence-corrected chi connectivity index (χ1v) is 7.86. The molecule has 0 aliphatic rings. The molecular weight excluding hydrogens is 332 g/mol.